The molecule has 0 radical (unpaired) electrons. The summed E-state index contributed by atoms with van der Waals surface area (Å²) in [4.78, 5) is 47.9. The number of nitro groups is 3. The van der Waals surface area contributed by atoms with E-state index in [-0.39, 0.29) is 39.7 Å². The maximum atomic E-state index is 13.2. The molecule has 434 valence electrons. The first kappa shape index (κ1) is 62.1. The number of anilines is 4. The lowest BCUT2D eigenvalue weighted by Crippen LogP contribution is -2.44. The molecule has 82 heavy (non-hydrogen) atoms. The number of nitrogen functional groups attached to an aromatic ring is 1. The van der Waals surface area contributed by atoms with Crippen molar-refractivity contribution in [2.24, 2.45) is 0 Å². The Balaban J connectivity index is 0.000000152. The fourth-order valence-electron chi connectivity index (χ4n) is 10.4. The molecule has 0 atom stereocenters. The highest BCUT2D eigenvalue weighted by atomic mass is 35.5. The summed E-state index contributed by atoms with van der Waals surface area (Å²) >= 11 is 12.8. The van der Waals surface area contributed by atoms with Crippen molar-refractivity contribution in [1.82, 2.24) is 24.9 Å². The Morgan fingerprint density at radius 1 is 0.427 bits per heavy atom. The van der Waals surface area contributed by atoms with Crippen molar-refractivity contribution in [3.8, 4) is 0 Å². The number of hydrogen-bond donors (Lipinski definition) is 2. The van der Waals surface area contributed by atoms with Gasteiger partial charge in [0.15, 0.2) is 0 Å². The molecule has 21 heteroatoms. The van der Waals surface area contributed by atoms with E-state index in [1.807, 2.05) is 66.7 Å². The lowest BCUT2D eigenvalue weighted by atomic mass is 10.1. The Labute approximate surface area is 488 Å². The molecule has 0 aromatic heterocycles. The molecule has 0 bridgehead atoms. The van der Waals surface area contributed by atoms with Gasteiger partial charge in [0.05, 0.1) is 52.3 Å². The molecular formula is C61H73Cl2FN12O6. The van der Waals surface area contributed by atoms with Gasteiger partial charge in [-0.05, 0) is 64.6 Å². The van der Waals surface area contributed by atoms with E-state index < -0.39 is 10.7 Å². The van der Waals surface area contributed by atoms with Crippen LogP contribution in [0.15, 0.2) is 133 Å². The highest BCUT2D eigenvalue weighted by Gasteiger charge is 2.25. The smallest absolute Gasteiger partial charge is 0.278 e. The number of nitrogens with zero attached hydrogens (tertiary/aromatic N) is 10. The van der Waals surface area contributed by atoms with E-state index in [4.69, 9.17) is 28.9 Å². The largest absolute Gasteiger partial charge is 0.398 e. The second-order valence-corrected chi connectivity index (χ2v) is 21.4. The van der Waals surface area contributed by atoms with Crippen molar-refractivity contribution in [2.45, 2.75) is 7.43 Å². The van der Waals surface area contributed by atoms with E-state index in [0.717, 1.165) is 147 Å². The zero-order valence-electron chi connectivity index (χ0n) is 46.1. The van der Waals surface area contributed by atoms with Crippen molar-refractivity contribution in [2.75, 3.05) is 153 Å². The van der Waals surface area contributed by atoms with Crippen LogP contribution in [-0.2, 0) is 0 Å². The van der Waals surface area contributed by atoms with Crippen LogP contribution in [0.25, 0.3) is 43.1 Å². The van der Waals surface area contributed by atoms with Crippen molar-refractivity contribution >= 4 is 106 Å². The number of likely N-dealkylation sites (N-methyl/N-ethyl adjacent to an activating group) is 4. The van der Waals surface area contributed by atoms with Crippen molar-refractivity contribution in [3.63, 3.8) is 0 Å². The van der Waals surface area contributed by atoms with E-state index in [1.54, 1.807) is 24.3 Å². The van der Waals surface area contributed by atoms with Gasteiger partial charge >= 0.3 is 0 Å². The quantitative estimate of drug-likeness (QED) is 0.0908. The van der Waals surface area contributed by atoms with Gasteiger partial charge in [-0.2, -0.15) is 0 Å². The normalized spacial score (nSPS) is 16.1. The zero-order chi connectivity index (χ0) is 57.7. The minimum absolute atomic E-state index is 0. The molecule has 0 saturated carbocycles. The SMILES string of the molecule is C.CN1CCN(c2c(Cl)cc(N)c3ccccc23)CC1.CN1CCN(c2c(Cl)cc([N+](=O)[O-])c3ccccc23)CC1.CN1CCN(c2ccc([N+](=O)[O-])c3ccccc23)CC1.CN1CCNCC1.O=[N+]([O-])c1ccc(F)c2ccccc12. The molecule has 0 aliphatic carbocycles. The number of benzene rings is 8. The molecule has 4 fully saturated rings. The molecule has 0 unspecified atom stereocenters. The Hall–Kier alpha value is -7.49. The Morgan fingerprint density at radius 3 is 1.21 bits per heavy atom. The van der Waals surface area contributed by atoms with Crippen LogP contribution in [0.4, 0.5) is 44.2 Å². The van der Waals surface area contributed by atoms with Crippen molar-refractivity contribution < 1.29 is 19.2 Å². The first-order chi connectivity index (χ1) is 39.0. The number of halogens is 3. The van der Waals surface area contributed by atoms with Gasteiger partial charge < -0.3 is 45.3 Å². The molecule has 3 N–H and O–H groups in total. The van der Waals surface area contributed by atoms with E-state index in [9.17, 15) is 34.7 Å². The second kappa shape index (κ2) is 29.0. The summed E-state index contributed by atoms with van der Waals surface area (Å²) in [6.07, 6.45) is 0. The number of nitrogens with two attached hydrogens (primary N) is 1. The molecule has 4 saturated heterocycles. The molecule has 0 spiro atoms. The van der Waals surface area contributed by atoms with E-state index >= 15 is 0 Å². The van der Waals surface area contributed by atoms with Gasteiger partial charge in [0.25, 0.3) is 17.1 Å². The fourth-order valence-corrected chi connectivity index (χ4v) is 11.1. The highest BCUT2D eigenvalue weighted by molar-refractivity contribution is 6.36. The third-order valence-electron chi connectivity index (χ3n) is 15.1. The lowest BCUT2D eigenvalue weighted by molar-refractivity contribution is -0.383. The second-order valence-electron chi connectivity index (χ2n) is 20.6. The van der Waals surface area contributed by atoms with Crippen LogP contribution in [0, 0.1) is 36.2 Å². The molecule has 8 aromatic rings. The molecule has 18 nitrogen and oxygen atoms in total. The summed E-state index contributed by atoms with van der Waals surface area (Å²) in [5, 5.41) is 43.5. The van der Waals surface area contributed by atoms with E-state index in [2.05, 4.69) is 79.9 Å². The number of rotatable bonds is 6. The summed E-state index contributed by atoms with van der Waals surface area (Å²) in [6, 6.07) is 38.7. The van der Waals surface area contributed by atoms with Gasteiger partial charge in [0.1, 0.15) is 5.82 Å². The molecule has 4 aliphatic heterocycles. The van der Waals surface area contributed by atoms with Crippen LogP contribution >= 0.6 is 23.2 Å². The van der Waals surface area contributed by atoms with Gasteiger partial charge in [-0.1, -0.05) is 109 Å². The predicted octanol–water partition coefficient (Wildman–Crippen LogP) is 11.5. The first-order valence-corrected chi connectivity index (χ1v) is 27.8. The minimum Gasteiger partial charge on any atom is -0.398 e. The summed E-state index contributed by atoms with van der Waals surface area (Å²) in [5.74, 6) is -0.439. The van der Waals surface area contributed by atoms with Gasteiger partial charge in [-0.25, -0.2) is 4.39 Å². The van der Waals surface area contributed by atoms with Crippen molar-refractivity contribution in [3.05, 3.63) is 180 Å². The van der Waals surface area contributed by atoms with Gasteiger partial charge in [-0.15, -0.1) is 0 Å². The minimum atomic E-state index is -0.512. The maximum absolute atomic E-state index is 13.2. The van der Waals surface area contributed by atoms with Crippen LogP contribution in [0.3, 0.4) is 0 Å². The van der Waals surface area contributed by atoms with Crippen molar-refractivity contribution in [1.29, 1.82) is 0 Å². The molecule has 8 aromatic carbocycles. The summed E-state index contributed by atoms with van der Waals surface area (Å²) in [5.41, 5.74) is 10.1. The fraction of sp³-hybridized carbons (Fsp3) is 0.344. The molecule has 0 amide bonds. The molecule has 12 rings (SSSR count). The predicted molar refractivity (Wildman–Crippen MR) is 336 cm³/mol. The average molecular weight is 1160 g/mol. The Kier molecular flexibility index (Phi) is 21.9. The number of piperazine rings is 4. The summed E-state index contributed by atoms with van der Waals surface area (Å²) < 4.78 is 13.2. The van der Waals surface area contributed by atoms with Gasteiger partial charge in [-0.3, -0.25) is 30.3 Å². The third-order valence-corrected chi connectivity index (χ3v) is 15.7. The highest BCUT2D eigenvalue weighted by Crippen LogP contribution is 2.41. The Morgan fingerprint density at radius 2 is 0.768 bits per heavy atom. The molecule has 4 heterocycles. The maximum Gasteiger partial charge on any atom is 0.278 e. The summed E-state index contributed by atoms with van der Waals surface area (Å²) in [7, 11) is 8.51. The number of hydrogen-bond acceptors (Lipinski definition) is 15. The Bertz CT molecular complexity index is 3500. The lowest BCUT2D eigenvalue weighted by Gasteiger charge is -2.35. The van der Waals surface area contributed by atoms with Crippen LogP contribution < -0.4 is 25.8 Å². The van der Waals surface area contributed by atoms with E-state index in [0.29, 0.717) is 21.2 Å². The zero-order valence-corrected chi connectivity index (χ0v) is 47.7. The summed E-state index contributed by atoms with van der Waals surface area (Å²) in [6.45, 7) is 16.5. The number of nitro benzene ring substituents is 3. The number of nitrogens with one attached hydrogen (secondary N) is 1. The van der Waals surface area contributed by atoms with Crippen LogP contribution in [-0.4, -0.2) is 167 Å². The topological polar surface area (TPSA) is 190 Å². The van der Waals surface area contributed by atoms with Crippen LogP contribution in [0.5, 0.6) is 0 Å². The van der Waals surface area contributed by atoms with E-state index in [1.165, 1.54) is 37.4 Å². The van der Waals surface area contributed by atoms with Crippen LogP contribution in [0.2, 0.25) is 10.0 Å². The first-order valence-electron chi connectivity index (χ1n) is 27.0. The van der Waals surface area contributed by atoms with Gasteiger partial charge in [0.2, 0.25) is 0 Å². The monoisotopic (exact) mass is 1160 g/mol. The average Bonchev–Trinajstić information content (AvgIpc) is 3.67. The van der Waals surface area contributed by atoms with Crippen LogP contribution in [0.1, 0.15) is 7.43 Å². The number of non-ortho nitro benzene ring substituents is 3. The molecular weight excluding hydrogens is 1090 g/mol. The molecule has 4 aliphatic rings. The standard InChI is InChI=1S/C15H16ClN3O2.C15H18ClN3.C15H17N3O2.C10H6FNO2.C5H12N2.CH4/c1-17-6-8-18(9-7-17)15-12-5-3-2-4-11(12)14(19(20)21)10-13(15)16;1-18-6-8-19(9-7-18)15-12-5-3-2-4-11(12)14(17)10-13(15)16;1-16-8-10-17(11-9-16)14-6-7-15(18(19)20)13-5-3-2-4-12(13)14;11-9-5-6-10(12(13)14)8-4-2-1-3-7(8)9;1-7-4-2-6-3-5-7;/h2-5,10H,6-9H2,1H3;2-5,10H,6-9,17H2,1H3;2-7H,8-11H2,1H3;1-6H;6H,2-5H2,1H3;1H4. The third kappa shape index (κ3) is 15.1. The number of fused-ring (bicyclic) bond motifs is 4. The van der Waals surface area contributed by atoms with Gasteiger partial charge in [0, 0.05) is 161 Å².